The predicted octanol–water partition coefficient (Wildman–Crippen LogP) is 2.29. The Morgan fingerprint density at radius 3 is 3.00 bits per heavy atom. The van der Waals surface area contributed by atoms with E-state index < -0.39 is 0 Å². The van der Waals surface area contributed by atoms with Gasteiger partial charge in [-0.05, 0) is 12.5 Å². The highest BCUT2D eigenvalue weighted by atomic mass is 16.3. The highest BCUT2D eigenvalue weighted by molar-refractivity contribution is 5.22. The van der Waals surface area contributed by atoms with Crippen molar-refractivity contribution in [3.8, 4) is 0 Å². The third-order valence-corrected chi connectivity index (χ3v) is 2.11. The summed E-state index contributed by atoms with van der Waals surface area (Å²) in [4.78, 5) is 3.91. The van der Waals surface area contributed by atoms with E-state index in [2.05, 4.69) is 11.9 Å². The molecule has 0 aromatic carbocycles. The monoisotopic (exact) mass is 194 g/mol. The third kappa shape index (κ3) is 4.23. The van der Waals surface area contributed by atoms with E-state index >= 15 is 0 Å². The summed E-state index contributed by atoms with van der Waals surface area (Å²) >= 11 is 0. The lowest BCUT2D eigenvalue weighted by Gasteiger charge is -2.03. The second kappa shape index (κ2) is 6.38. The van der Waals surface area contributed by atoms with Gasteiger partial charge in [-0.25, -0.2) is 4.98 Å². The second-order valence-corrected chi connectivity index (χ2v) is 3.41. The summed E-state index contributed by atoms with van der Waals surface area (Å²) in [5.41, 5.74) is 0. The zero-order valence-corrected chi connectivity index (χ0v) is 8.63. The zero-order chi connectivity index (χ0) is 10.2. The number of aliphatic hydroxyl groups excluding tert-OH is 1. The molecule has 0 aliphatic heterocycles. The van der Waals surface area contributed by atoms with Gasteiger partial charge in [0, 0.05) is 18.6 Å². The lowest BCUT2D eigenvalue weighted by Crippen LogP contribution is -2.01. The van der Waals surface area contributed by atoms with Crippen LogP contribution in [-0.4, -0.2) is 20.8 Å². The summed E-state index contributed by atoms with van der Waals surface area (Å²) < 4.78 is 1.82. The average Bonchev–Trinajstić information content (AvgIpc) is 2.68. The number of hydrogen-bond donors (Lipinski definition) is 1. The molecule has 0 saturated carbocycles. The van der Waals surface area contributed by atoms with Gasteiger partial charge in [-0.15, -0.1) is 0 Å². The first kappa shape index (κ1) is 11.0. The van der Waals surface area contributed by atoms with Gasteiger partial charge in [0.1, 0.15) is 0 Å². The number of aliphatic hydroxyl groups is 1. The van der Waals surface area contributed by atoms with Gasteiger partial charge >= 0.3 is 0 Å². The first-order valence-electron chi connectivity index (χ1n) is 5.16. The van der Waals surface area contributed by atoms with Gasteiger partial charge in [-0.2, -0.15) is 0 Å². The molecule has 0 fully saturated rings. The van der Waals surface area contributed by atoms with Crippen LogP contribution in [0.1, 0.15) is 32.6 Å². The molecule has 0 aliphatic rings. The van der Waals surface area contributed by atoms with E-state index in [1.165, 1.54) is 12.8 Å². The van der Waals surface area contributed by atoms with Crippen LogP contribution >= 0.6 is 0 Å². The molecule has 1 aromatic rings. The second-order valence-electron chi connectivity index (χ2n) is 3.41. The molecule has 1 rings (SSSR count). The number of unbranched alkanes of at least 4 members (excludes halogenated alkanes) is 2. The van der Waals surface area contributed by atoms with Crippen LogP contribution in [0.25, 0.3) is 6.20 Å². The lowest BCUT2D eigenvalue weighted by atomic mass is 10.1. The first-order chi connectivity index (χ1) is 6.83. The minimum atomic E-state index is -0.330. The Morgan fingerprint density at radius 1 is 1.50 bits per heavy atom. The maximum Gasteiger partial charge on any atom is 0.0986 e. The van der Waals surface area contributed by atoms with Gasteiger partial charge in [0.05, 0.1) is 12.4 Å². The van der Waals surface area contributed by atoms with Crippen molar-refractivity contribution in [3.05, 3.63) is 24.8 Å². The van der Waals surface area contributed by atoms with Gasteiger partial charge in [0.25, 0.3) is 0 Å². The molecule has 1 aromatic heterocycles. The SMILES string of the molecule is CCCCCC(O)C=Cn1ccnc1. The molecule has 3 heteroatoms. The number of nitrogens with zero attached hydrogens (tertiary/aromatic N) is 2. The van der Waals surface area contributed by atoms with Crippen molar-refractivity contribution in [2.75, 3.05) is 0 Å². The number of hydrogen-bond acceptors (Lipinski definition) is 2. The topological polar surface area (TPSA) is 38.0 Å². The number of aromatic nitrogens is 2. The van der Waals surface area contributed by atoms with Gasteiger partial charge in [-0.1, -0.05) is 26.2 Å². The van der Waals surface area contributed by atoms with Crippen LogP contribution < -0.4 is 0 Å². The van der Waals surface area contributed by atoms with E-state index in [9.17, 15) is 5.11 Å². The molecule has 3 nitrogen and oxygen atoms in total. The molecular formula is C11H18N2O. The van der Waals surface area contributed by atoms with Crippen LogP contribution in [0.15, 0.2) is 24.8 Å². The molecular weight excluding hydrogens is 176 g/mol. The molecule has 0 bridgehead atoms. The molecule has 1 atom stereocenters. The van der Waals surface area contributed by atoms with Crippen LogP contribution in [0.3, 0.4) is 0 Å². The highest BCUT2D eigenvalue weighted by Crippen LogP contribution is 2.04. The van der Waals surface area contributed by atoms with Gasteiger partial charge in [0.2, 0.25) is 0 Å². The normalized spacial score (nSPS) is 13.6. The average molecular weight is 194 g/mol. The largest absolute Gasteiger partial charge is 0.389 e. The minimum Gasteiger partial charge on any atom is -0.389 e. The van der Waals surface area contributed by atoms with Crippen LogP contribution in [0.4, 0.5) is 0 Å². The molecule has 0 saturated heterocycles. The molecule has 0 radical (unpaired) electrons. The van der Waals surface area contributed by atoms with Crippen molar-refractivity contribution >= 4 is 6.20 Å². The van der Waals surface area contributed by atoms with E-state index in [1.807, 2.05) is 17.0 Å². The molecule has 1 N–H and O–H groups in total. The zero-order valence-electron chi connectivity index (χ0n) is 8.63. The number of rotatable bonds is 6. The summed E-state index contributed by atoms with van der Waals surface area (Å²) in [7, 11) is 0. The molecule has 0 spiro atoms. The van der Waals surface area contributed by atoms with Crippen LogP contribution in [-0.2, 0) is 0 Å². The van der Waals surface area contributed by atoms with E-state index in [-0.39, 0.29) is 6.10 Å². The van der Waals surface area contributed by atoms with Crippen LogP contribution in [0, 0.1) is 0 Å². The summed E-state index contributed by atoms with van der Waals surface area (Å²) in [5, 5.41) is 9.55. The van der Waals surface area contributed by atoms with Gasteiger partial charge < -0.3 is 9.67 Å². The van der Waals surface area contributed by atoms with Crippen molar-refractivity contribution in [2.45, 2.75) is 38.7 Å². The van der Waals surface area contributed by atoms with Crippen molar-refractivity contribution in [2.24, 2.45) is 0 Å². The molecule has 0 aliphatic carbocycles. The molecule has 1 unspecified atom stereocenters. The third-order valence-electron chi connectivity index (χ3n) is 2.11. The quantitative estimate of drug-likeness (QED) is 0.705. The van der Waals surface area contributed by atoms with Crippen molar-refractivity contribution in [1.29, 1.82) is 0 Å². The van der Waals surface area contributed by atoms with Crippen molar-refractivity contribution < 1.29 is 5.11 Å². The van der Waals surface area contributed by atoms with Gasteiger partial charge in [0.15, 0.2) is 0 Å². The Kier molecular flexibility index (Phi) is 5.00. The van der Waals surface area contributed by atoms with Crippen molar-refractivity contribution in [1.82, 2.24) is 9.55 Å². The van der Waals surface area contributed by atoms with Crippen LogP contribution in [0.2, 0.25) is 0 Å². The van der Waals surface area contributed by atoms with E-state index in [4.69, 9.17) is 0 Å². The summed E-state index contributed by atoms with van der Waals surface area (Å²) in [5.74, 6) is 0. The Bertz CT molecular complexity index is 254. The Labute approximate surface area is 85.1 Å². The smallest absolute Gasteiger partial charge is 0.0986 e. The van der Waals surface area contributed by atoms with E-state index in [1.54, 1.807) is 18.6 Å². The van der Waals surface area contributed by atoms with Crippen LogP contribution in [0.5, 0.6) is 0 Å². The highest BCUT2D eigenvalue weighted by Gasteiger charge is 1.97. The summed E-state index contributed by atoms with van der Waals surface area (Å²) in [6.07, 6.45) is 12.9. The Morgan fingerprint density at radius 2 is 2.36 bits per heavy atom. The summed E-state index contributed by atoms with van der Waals surface area (Å²) in [6.45, 7) is 2.16. The fraction of sp³-hybridized carbons (Fsp3) is 0.545. The molecule has 0 amide bonds. The van der Waals surface area contributed by atoms with E-state index in [0.29, 0.717) is 0 Å². The predicted molar refractivity (Wildman–Crippen MR) is 57.7 cm³/mol. The standard InChI is InChI=1S/C11H18N2O/c1-2-3-4-5-11(14)6-8-13-9-7-12-10-13/h6-11,14H,2-5H2,1H3. The van der Waals surface area contributed by atoms with Gasteiger partial charge in [-0.3, -0.25) is 0 Å². The summed E-state index contributed by atoms with van der Waals surface area (Å²) in [6, 6.07) is 0. The Hall–Kier alpha value is -1.09. The Balaban J connectivity index is 2.22. The molecule has 1 heterocycles. The van der Waals surface area contributed by atoms with Crippen molar-refractivity contribution in [3.63, 3.8) is 0 Å². The fourth-order valence-electron chi connectivity index (χ4n) is 1.26. The number of imidazole rings is 1. The minimum absolute atomic E-state index is 0.330. The fourth-order valence-corrected chi connectivity index (χ4v) is 1.26. The maximum absolute atomic E-state index is 9.55. The molecule has 14 heavy (non-hydrogen) atoms. The lowest BCUT2D eigenvalue weighted by molar-refractivity contribution is 0.209. The maximum atomic E-state index is 9.55. The molecule has 78 valence electrons. The first-order valence-corrected chi connectivity index (χ1v) is 5.16. The van der Waals surface area contributed by atoms with E-state index in [0.717, 1.165) is 12.8 Å².